The van der Waals surface area contributed by atoms with E-state index in [0.29, 0.717) is 12.4 Å². The first-order valence-corrected chi connectivity index (χ1v) is 8.65. The molecular weight excluding hydrogens is 314 g/mol. The van der Waals surface area contributed by atoms with Crippen LogP contribution in [0.4, 0.5) is 0 Å². The Labute approximate surface area is 136 Å². The zero-order valence-electron chi connectivity index (χ0n) is 12.8. The first kappa shape index (κ1) is 14.5. The fourth-order valence-corrected chi connectivity index (χ4v) is 3.77. The highest BCUT2D eigenvalue weighted by atomic mass is 32.1. The van der Waals surface area contributed by atoms with Gasteiger partial charge in [0.1, 0.15) is 0 Å². The number of aryl methyl sites for hydroxylation is 1. The smallest absolute Gasteiger partial charge is 0.258 e. The lowest BCUT2D eigenvalue weighted by Gasteiger charge is -2.21. The van der Waals surface area contributed by atoms with E-state index < -0.39 is 0 Å². The maximum absolute atomic E-state index is 12.1. The Balaban J connectivity index is 1.59. The molecule has 4 rings (SSSR count). The van der Waals surface area contributed by atoms with Gasteiger partial charge < -0.3 is 4.52 Å². The Morgan fingerprint density at radius 3 is 3.17 bits per heavy atom. The molecule has 0 aliphatic carbocycles. The molecule has 0 amide bonds. The van der Waals surface area contributed by atoms with Crippen LogP contribution in [0.25, 0.3) is 4.96 Å². The number of nitrogens with zero attached hydrogens (tertiary/aromatic N) is 5. The van der Waals surface area contributed by atoms with Crippen LogP contribution in [0.2, 0.25) is 0 Å². The Morgan fingerprint density at radius 1 is 1.43 bits per heavy atom. The number of rotatable bonds is 4. The molecule has 0 radical (unpaired) electrons. The summed E-state index contributed by atoms with van der Waals surface area (Å²) in [5, 5.41) is 5.98. The topological polar surface area (TPSA) is 76.5 Å². The molecule has 4 heterocycles. The van der Waals surface area contributed by atoms with E-state index in [1.807, 2.05) is 12.3 Å². The maximum atomic E-state index is 12.1. The minimum Gasteiger partial charge on any atom is -0.339 e. The molecule has 0 spiro atoms. The molecule has 23 heavy (non-hydrogen) atoms. The SMILES string of the molecule is CCc1nc([C@@H]2CCCN2Cc2cc(=O)n3ccsc3n2)no1. The van der Waals surface area contributed by atoms with Crippen molar-refractivity contribution in [1.82, 2.24) is 24.4 Å². The van der Waals surface area contributed by atoms with Crippen molar-refractivity contribution in [2.24, 2.45) is 0 Å². The van der Waals surface area contributed by atoms with Gasteiger partial charge >= 0.3 is 0 Å². The van der Waals surface area contributed by atoms with Crippen LogP contribution in [0.1, 0.15) is 43.2 Å². The minimum absolute atomic E-state index is 0.0326. The van der Waals surface area contributed by atoms with E-state index in [9.17, 15) is 4.79 Å². The Bertz CT molecular complexity index is 883. The highest BCUT2D eigenvalue weighted by molar-refractivity contribution is 7.15. The van der Waals surface area contributed by atoms with Crippen LogP contribution in [-0.4, -0.2) is 31.0 Å². The summed E-state index contributed by atoms with van der Waals surface area (Å²) in [6.45, 7) is 3.58. The monoisotopic (exact) mass is 331 g/mol. The van der Waals surface area contributed by atoms with E-state index in [4.69, 9.17) is 4.52 Å². The van der Waals surface area contributed by atoms with Crippen molar-refractivity contribution in [3.63, 3.8) is 0 Å². The third kappa shape index (κ3) is 2.68. The standard InChI is InChI=1S/C15H17N5O2S/c1-2-12-17-14(18-22-12)11-4-3-5-19(11)9-10-8-13(21)20-6-7-23-15(20)16-10/h6-8,11H,2-5,9H2,1H3/t11-/m0/s1. The summed E-state index contributed by atoms with van der Waals surface area (Å²) >= 11 is 1.47. The van der Waals surface area contributed by atoms with Gasteiger partial charge in [-0.15, -0.1) is 11.3 Å². The van der Waals surface area contributed by atoms with Gasteiger partial charge in [0.15, 0.2) is 10.8 Å². The van der Waals surface area contributed by atoms with Crippen LogP contribution in [0, 0.1) is 0 Å². The molecule has 3 aromatic heterocycles. The second-order valence-corrected chi connectivity index (χ2v) is 6.54. The van der Waals surface area contributed by atoms with Crippen molar-refractivity contribution in [3.05, 3.63) is 45.4 Å². The summed E-state index contributed by atoms with van der Waals surface area (Å²) < 4.78 is 6.81. The highest BCUT2D eigenvalue weighted by Crippen LogP contribution is 2.31. The first-order valence-electron chi connectivity index (χ1n) is 7.77. The van der Waals surface area contributed by atoms with Crippen LogP contribution in [-0.2, 0) is 13.0 Å². The average molecular weight is 331 g/mol. The number of aromatic nitrogens is 4. The maximum Gasteiger partial charge on any atom is 0.258 e. The molecule has 1 aliphatic rings. The molecule has 1 atom stereocenters. The van der Waals surface area contributed by atoms with Gasteiger partial charge in [0.2, 0.25) is 5.89 Å². The van der Waals surface area contributed by atoms with Crippen LogP contribution in [0.3, 0.4) is 0 Å². The van der Waals surface area contributed by atoms with Crippen LogP contribution in [0.15, 0.2) is 27.0 Å². The Hall–Kier alpha value is -2.06. The molecule has 3 aromatic rings. The van der Waals surface area contributed by atoms with Crippen molar-refractivity contribution in [2.45, 2.75) is 38.8 Å². The normalized spacial score (nSPS) is 18.9. The molecular formula is C15H17N5O2S. The predicted molar refractivity (Wildman–Crippen MR) is 85.4 cm³/mol. The van der Waals surface area contributed by atoms with Crippen LogP contribution in [0.5, 0.6) is 0 Å². The molecule has 8 heteroatoms. The van der Waals surface area contributed by atoms with Gasteiger partial charge in [0, 0.05) is 30.6 Å². The first-order chi connectivity index (χ1) is 11.2. The van der Waals surface area contributed by atoms with Gasteiger partial charge in [-0.05, 0) is 19.4 Å². The summed E-state index contributed by atoms with van der Waals surface area (Å²) in [5.41, 5.74) is 0.762. The predicted octanol–water partition coefficient (Wildman–Crippen LogP) is 2.04. The summed E-state index contributed by atoms with van der Waals surface area (Å²) in [7, 11) is 0. The van der Waals surface area contributed by atoms with E-state index in [0.717, 1.165) is 42.3 Å². The van der Waals surface area contributed by atoms with Gasteiger partial charge in [0.25, 0.3) is 5.56 Å². The fraction of sp³-hybridized carbons (Fsp3) is 0.467. The second kappa shape index (κ2) is 5.86. The highest BCUT2D eigenvalue weighted by Gasteiger charge is 2.30. The second-order valence-electron chi connectivity index (χ2n) is 5.67. The fourth-order valence-electron chi connectivity index (χ4n) is 3.03. The Morgan fingerprint density at radius 2 is 2.35 bits per heavy atom. The number of likely N-dealkylation sites (tertiary alicyclic amines) is 1. The molecule has 1 aliphatic heterocycles. The lowest BCUT2D eigenvalue weighted by atomic mass is 10.2. The van der Waals surface area contributed by atoms with Crippen molar-refractivity contribution in [1.29, 1.82) is 0 Å². The third-order valence-corrected chi connectivity index (χ3v) is 4.93. The summed E-state index contributed by atoms with van der Waals surface area (Å²) in [6.07, 6.45) is 4.58. The van der Waals surface area contributed by atoms with Gasteiger partial charge in [0.05, 0.1) is 11.7 Å². The number of thiazole rings is 1. The van der Waals surface area contributed by atoms with Crippen molar-refractivity contribution < 1.29 is 4.52 Å². The lowest BCUT2D eigenvalue weighted by molar-refractivity contribution is 0.231. The molecule has 7 nitrogen and oxygen atoms in total. The van der Waals surface area contributed by atoms with Gasteiger partial charge in [-0.3, -0.25) is 14.1 Å². The average Bonchev–Trinajstić information content (AvgIpc) is 3.26. The molecule has 0 N–H and O–H groups in total. The van der Waals surface area contributed by atoms with Gasteiger partial charge in [-0.25, -0.2) is 4.98 Å². The van der Waals surface area contributed by atoms with E-state index >= 15 is 0 Å². The van der Waals surface area contributed by atoms with E-state index in [1.54, 1.807) is 16.7 Å². The van der Waals surface area contributed by atoms with Gasteiger partial charge in [-0.2, -0.15) is 4.98 Å². The minimum atomic E-state index is -0.0326. The number of hydrogen-bond acceptors (Lipinski definition) is 7. The van der Waals surface area contributed by atoms with Crippen molar-refractivity contribution in [2.75, 3.05) is 6.54 Å². The third-order valence-electron chi connectivity index (χ3n) is 4.17. The molecule has 1 fully saturated rings. The number of hydrogen-bond donors (Lipinski definition) is 0. The summed E-state index contributed by atoms with van der Waals surface area (Å²) in [6, 6.07) is 1.76. The largest absolute Gasteiger partial charge is 0.339 e. The molecule has 1 saturated heterocycles. The van der Waals surface area contributed by atoms with Crippen molar-refractivity contribution >= 4 is 16.3 Å². The Kier molecular flexibility index (Phi) is 3.70. The molecule has 120 valence electrons. The zero-order valence-corrected chi connectivity index (χ0v) is 13.6. The van der Waals surface area contributed by atoms with E-state index in [-0.39, 0.29) is 11.6 Å². The molecule has 0 aromatic carbocycles. The molecule has 0 unspecified atom stereocenters. The zero-order chi connectivity index (χ0) is 15.8. The molecule has 0 saturated carbocycles. The summed E-state index contributed by atoms with van der Waals surface area (Å²) in [5.74, 6) is 1.41. The molecule has 0 bridgehead atoms. The van der Waals surface area contributed by atoms with Gasteiger partial charge in [-0.1, -0.05) is 12.1 Å². The van der Waals surface area contributed by atoms with Crippen molar-refractivity contribution in [3.8, 4) is 0 Å². The van der Waals surface area contributed by atoms with E-state index in [1.165, 1.54) is 11.3 Å². The van der Waals surface area contributed by atoms with E-state index in [2.05, 4.69) is 20.0 Å². The van der Waals surface area contributed by atoms with Crippen LogP contribution >= 0.6 is 11.3 Å². The lowest BCUT2D eigenvalue weighted by Crippen LogP contribution is -2.25. The summed E-state index contributed by atoms with van der Waals surface area (Å²) in [4.78, 5) is 24.1. The van der Waals surface area contributed by atoms with Crippen LogP contribution < -0.4 is 5.56 Å². The number of fused-ring (bicyclic) bond motifs is 1. The quantitative estimate of drug-likeness (QED) is 0.728.